The summed E-state index contributed by atoms with van der Waals surface area (Å²) in [6.45, 7) is 6.49. The van der Waals surface area contributed by atoms with Gasteiger partial charge < -0.3 is 14.2 Å². The molecule has 0 aliphatic rings. The van der Waals surface area contributed by atoms with Crippen molar-refractivity contribution in [3.05, 3.63) is 72.9 Å². The Morgan fingerprint density at radius 3 is 0.970 bits per heavy atom. The van der Waals surface area contributed by atoms with Crippen LogP contribution in [0.25, 0.3) is 0 Å². The lowest BCUT2D eigenvalue weighted by molar-refractivity contribution is -0.167. The Balaban J connectivity index is 4.43. The fourth-order valence-corrected chi connectivity index (χ4v) is 7.76. The molecule has 0 saturated heterocycles. The fourth-order valence-electron chi connectivity index (χ4n) is 7.76. The van der Waals surface area contributed by atoms with E-state index in [0.29, 0.717) is 19.3 Å². The minimum atomic E-state index is -0.799. The Labute approximate surface area is 408 Å². The second-order valence-electron chi connectivity index (χ2n) is 18.5. The summed E-state index contributed by atoms with van der Waals surface area (Å²) < 4.78 is 16.8. The van der Waals surface area contributed by atoms with Crippen molar-refractivity contribution in [1.29, 1.82) is 0 Å². The first kappa shape index (κ1) is 62.8. The van der Waals surface area contributed by atoms with Gasteiger partial charge >= 0.3 is 17.9 Å². The highest BCUT2D eigenvalue weighted by molar-refractivity contribution is 5.71. The van der Waals surface area contributed by atoms with Crippen molar-refractivity contribution in [2.24, 2.45) is 0 Å². The Kier molecular flexibility index (Phi) is 51.9. The third-order valence-electron chi connectivity index (χ3n) is 11.9. The van der Waals surface area contributed by atoms with Crippen LogP contribution in [-0.2, 0) is 28.6 Å². The summed E-state index contributed by atoms with van der Waals surface area (Å²) in [6, 6.07) is 0. The fraction of sp³-hybridized carbons (Fsp3) is 0.750. The number of carbonyl (C=O) groups excluding carboxylic acids is 3. The lowest BCUT2D eigenvalue weighted by Gasteiger charge is -2.18. The third kappa shape index (κ3) is 51.8. The average Bonchev–Trinajstić information content (AvgIpc) is 3.31. The molecular weight excluding hydrogens is 817 g/mol. The minimum Gasteiger partial charge on any atom is -0.462 e. The Morgan fingerprint density at radius 2 is 0.591 bits per heavy atom. The van der Waals surface area contributed by atoms with E-state index in [2.05, 4.69) is 93.7 Å². The topological polar surface area (TPSA) is 78.9 Å². The quantitative estimate of drug-likeness (QED) is 0.0262. The van der Waals surface area contributed by atoms with Crippen LogP contribution >= 0.6 is 0 Å². The molecule has 380 valence electrons. The molecule has 0 aromatic rings. The molecule has 0 radical (unpaired) electrons. The molecule has 6 nitrogen and oxygen atoms in total. The van der Waals surface area contributed by atoms with Gasteiger partial charge in [-0.15, -0.1) is 0 Å². The van der Waals surface area contributed by atoms with Crippen molar-refractivity contribution >= 4 is 17.9 Å². The monoisotopic (exact) mass is 921 g/mol. The highest BCUT2D eigenvalue weighted by atomic mass is 16.6. The number of unbranched alkanes of at least 4 members (excludes halogenated alkanes) is 27. The molecule has 0 N–H and O–H groups in total. The molecule has 0 aromatic carbocycles. The first-order valence-electron chi connectivity index (χ1n) is 27.9. The van der Waals surface area contributed by atoms with Crippen molar-refractivity contribution in [2.75, 3.05) is 13.2 Å². The molecule has 66 heavy (non-hydrogen) atoms. The lowest BCUT2D eigenvalue weighted by Crippen LogP contribution is -2.30. The van der Waals surface area contributed by atoms with Crippen molar-refractivity contribution in [2.45, 2.75) is 277 Å². The molecule has 0 aromatic heterocycles. The molecule has 1 unspecified atom stereocenters. The zero-order valence-electron chi connectivity index (χ0n) is 43.4. The molecule has 0 spiro atoms. The number of hydrogen-bond acceptors (Lipinski definition) is 6. The van der Waals surface area contributed by atoms with Gasteiger partial charge in [0.1, 0.15) is 13.2 Å². The van der Waals surface area contributed by atoms with Crippen LogP contribution in [0, 0.1) is 0 Å². The van der Waals surface area contributed by atoms with Crippen LogP contribution in [0.5, 0.6) is 0 Å². The van der Waals surface area contributed by atoms with Crippen molar-refractivity contribution in [3.8, 4) is 0 Å². The van der Waals surface area contributed by atoms with E-state index in [0.717, 1.165) is 89.9 Å². The Morgan fingerprint density at radius 1 is 0.318 bits per heavy atom. The van der Waals surface area contributed by atoms with Gasteiger partial charge in [0.2, 0.25) is 0 Å². The van der Waals surface area contributed by atoms with Crippen LogP contribution < -0.4 is 0 Å². The summed E-state index contributed by atoms with van der Waals surface area (Å²) in [5, 5.41) is 0. The first-order valence-corrected chi connectivity index (χ1v) is 27.9. The largest absolute Gasteiger partial charge is 0.462 e. The first-order chi connectivity index (χ1) is 32.5. The molecule has 0 fully saturated rings. The maximum atomic E-state index is 12.8. The molecule has 0 bridgehead atoms. The maximum absolute atomic E-state index is 12.8. The zero-order valence-corrected chi connectivity index (χ0v) is 43.4. The van der Waals surface area contributed by atoms with Gasteiger partial charge in [-0.2, -0.15) is 0 Å². The molecule has 0 rings (SSSR count). The molecule has 0 amide bonds. The standard InChI is InChI=1S/C60H104O6/c1-4-7-10-13-16-19-22-25-28-29-30-33-35-38-41-44-47-50-53-59(62)65-56-57(66-60(63)54-51-48-45-42-39-36-32-27-24-21-18-15-12-9-6-3)55-64-58(61)52-49-46-43-40-37-34-31-26-23-20-17-14-11-8-5-2/h9,12,18-19,21-22,27-29,32,39,42,57H,4-8,10-11,13-17,20,23-26,30-31,33-38,40-41,43-56H2,1-3H3/b12-9-,21-18-,22-19-,29-28-,32-27-,42-39-. The second-order valence-corrected chi connectivity index (χ2v) is 18.5. The van der Waals surface area contributed by atoms with E-state index in [4.69, 9.17) is 14.2 Å². The Bertz CT molecular complexity index is 1240. The summed E-state index contributed by atoms with van der Waals surface area (Å²) >= 11 is 0. The van der Waals surface area contributed by atoms with E-state index >= 15 is 0 Å². The number of rotatable bonds is 50. The van der Waals surface area contributed by atoms with Crippen molar-refractivity contribution < 1.29 is 28.6 Å². The molecule has 1 atom stereocenters. The molecule has 0 saturated carbocycles. The van der Waals surface area contributed by atoms with Gasteiger partial charge in [-0.3, -0.25) is 14.4 Å². The predicted molar refractivity (Wildman–Crippen MR) is 284 cm³/mol. The summed E-state index contributed by atoms with van der Waals surface area (Å²) in [7, 11) is 0. The van der Waals surface area contributed by atoms with Crippen LogP contribution in [0.15, 0.2) is 72.9 Å². The summed E-state index contributed by atoms with van der Waals surface area (Å²) in [5.74, 6) is -0.935. The summed E-state index contributed by atoms with van der Waals surface area (Å²) in [6.07, 6.45) is 68.9. The van der Waals surface area contributed by atoms with E-state index in [1.165, 1.54) is 135 Å². The summed E-state index contributed by atoms with van der Waals surface area (Å²) in [4.78, 5) is 38.1. The number of carbonyl (C=O) groups is 3. The third-order valence-corrected chi connectivity index (χ3v) is 11.9. The van der Waals surface area contributed by atoms with Crippen molar-refractivity contribution in [3.63, 3.8) is 0 Å². The van der Waals surface area contributed by atoms with Crippen LogP contribution in [0.4, 0.5) is 0 Å². The van der Waals surface area contributed by atoms with E-state index in [1.807, 2.05) is 0 Å². The van der Waals surface area contributed by atoms with Crippen LogP contribution in [0.2, 0.25) is 0 Å². The minimum absolute atomic E-state index is 0.0927. The smallest absolute Gasteiger partial charge is 0.306 e. The lowest BCUT2D eigenvalue weighted by atomic mass is 10.0. The zero-order chi connectivity index (χ0) is 47.9. The van der Waals surface area contributed by atoms with Gasteiger partial charge in [0, 0.05) is 19.3 Å². The molecule has 0 aliphatic heterocycles. The molecule has 0 heterocycles. The van der Waals surface area contributed by atoms with E-state index in [1.54, 1.807) is 0 Å². The second kappa shape index (κ2) is 54.5. The summed E-state index contributed by atoms with van der Waals surface area (Å²) in [5.41, 5.74) is 0. The number of hydrogen-bond donors (Lipinski definition) is 0. The van der Waals surface area contributed by atoms with Gasteiger partial charge in [0.25, 0.3) is 0 Å². The molecule has 0 aliphatic carbocycles. The highest BCUT2D eigenvalue weighted by Gasteiger charge is 2.19. The van der Waals surface area contributed by atoms with Gasteiger partial charge in [-0.1, -0.05) is 235 Å². The van der Waals surface area contributed by atoms with E-state index in [9.17, 15) is 14.4 Å². The van der Waals surface area contributed by atoms with Crippen LogP contribution in [0.1, 0.15) is 271 Å². The van der Waals surface area contributed by atoms with Gasteiger partial charge in [0.05, 0.1) is 0 Å². The van der Waals surface area contributed by atoms with Gasteiger partial charge in [-0.05, 0) is 89.9 Å². The Hall–Kier alpha value is -3.15. The molecule has 6 heteroatoms. The maximum Gasteiger partial charge on any atom is 0.306 e. The van der Waals surface area contributed by atoms with Crippen molar-refractivity contribution in [1.82, 2.24) is 0 Å². The van der Waals surface area contributed by atoms with Gasteiger partial charge in [-0.25, -0.2) is 0 Å². The normalized spacial score (nSPS) is 12.6. The van der Waals surface area contributed by atoms with Crippen LogP contribution in [0.3, 0.4) is 0 Å². The van der Waals surface area contributed by atoms with Crippen LogP contribution in [-0.4, -0.2) is 37.2 Å². The SMILES string of the molecule is CC/C=C\C/C=C\C/C=C\C/C=C\CCCCC(=O)OC(COC(=O)CCCCCCCCC/C=C\C/C=C\CCCCCC)COC(=O)CCCCCCCCCCCCCCCCC. The van der Waals surface area contributed by atoms with E-state index < -0.39 is 6.10 Å². The average molecular weight is 921 g/mol. The van der Waals surface area contributed by atoms with Gasteiger partial charge in [0.15, 0.2) is 6.10 Å². The molecular formula is C60H104O6. The predicted octanol–water partition coefficient (Wildman–Crippen LogP) is 18.6. The number of esters is 3. The van der Waals surface area contributed by atoms with E-state index in [-0.39, 0.29) is 37.5 Å². The number of allylic oxidation sites excluding steroid dienone is 12. The highest BCUT2D eigenvalue weighted by Crippen LogP contribution is 2.15. The number of ether oxygens (including phenoxy) is 3.